The molecule has 6 heteroatoms. The molecule has 1 atom stereocenters. The molecule has 0 unspecified atom stereocenters. The van der Waals surface area contributed by atoms with Gasteiger partial charge in [0.2, 0.25) is 0 Å². The minimum Gasteiger partial charge on any atom is -0.355 e. The van der Waals surface area contributed by atoms with Crippen LogP contribution in [0.2, 0.25) is 0 Å². The van der Waals surface area contributed by atoms with E-state index in [1.54, 1.807) is 24.1 Å². The molecule has 0 aliphatic carbocycles. The summed E-state index contributed by atoms with van der Waals surface area (Å²) in [7, 11) is 1.58. The van der Waals surface area contributed by atoms with Crippen LogP contribution in [0.15, 0.2) is 48.5 Å². The van der Waals surface area contributed by atoms with Crippen molar-refractivity contribution in [3.05, 3.63) is 71.0 Å². The first kappa shape index (κ1) is 17.1. The minimum atomic E-state index is -0.369. The summed E-state index contributed by atoms with van der Waals surface area (Å²) in [6.07, 6.45) is 0. The molecular weight excluding hydrogens is 321 g/mol. The Bertz CT molecular complexity index is 776. The van der Waals surface area contributed by atoms with Gasteiger partial charge >= 0.3 is 0 Å². The Hall–Kier alpha value is -2.73. The Balaban J connectivity index is 1.89. The van der Waals surface area contributed by atoms with E-state index in [-0.39, 0.29) is 23.7 Å². The molecule has 2 aromatic rings. The highest BCUT2D eigenvalue weighted by Gasteiger charge is 2.29. The summed E-state index contributed by atoms with van der Waals surface area (Å²) >= 11 is 0. The van der Waals surface area contributed by atoms with Gasteiger partial charge in [0.15, 0.2) is 0 Å². The summed E-state index contributed by atoms with van der Waals surface area (Å²) in [4.78, 5) is 26.5. The van der Waals surface area contributed by atoms with Gasteiger partial charge in [-0.3, -0.25) is 9.59 Å². The van der Waals surface area contributed by atoms with Gasteiger partial charge in [-0.15, -0.1) is 0 Å². The van der Waals surface area contributed by atoms with Crippen molar-refractivity contribution in [3.63, 3.8) is 0 Å². The molecule has 5 nitrogen and oxygen atoms in total. The van der Waals surface area contributed by atoms with Crippen molar-refractivity contribution < 1.29 is 14.0 Å². The van der Waals surface area contributed by atoms with Gasteiger partial charge in [-0.1, -0.05) is 12.1 Å². The molecule has 1 fully saturated rings. The van der Waals surface area contributed by atoms with Crippen LogP contribution in [0.1, 0.15) is 32.3 Å². The molecule has 2 amide bonds. The van der Waals surface area contributed by atoms with Crippen LogP contribution in [0.4, 0.5) is 4.39 Å². The fourth-order valence-corrected chi connectivity index (χ4v) is 3.04. The highest BCUT2D eigenvalue weighted by molar-refractivity contribution is 5.95. The average molecular weight is 341 g/mol. The van der Waals surface area contributed by atoms with Gasteiger partial charge < -0.3 is 15.5 Å². The fourth-order valence-electron chi connectivity index (χ4n) is 3.04. The summed E-state index contributed by atoms with van der Waals surface area (Å²) in [5.74, 6) is -0.675. The molecule has 1 aliphatic heterocycles. The van der Waals surface area contributed by atoms with Crippen LogP contribution in [-0.4, -0.2) is 43.4 Å². The first-order valence-electron chi connectivity index (χ1n) is 8.19. The van der Waals surface area contributed by atoms with E-state index in [2.05, 4.69) is 10.6 Å². The maximum absolute atomic E-state index is 13.1. The molecule has 1 heterocycles. The lowest BCUT2D eigenvalue weighted by molar-refractivity contribution is 0.0634. The van der Waals surface area contributed by atoms with Crippen molar-refractivity contribution in [1.29, 1.82) is 0 Å². The number of hydrogen-bond acceptors (Lipinski definition) is 3. The molecule has 0 aromatic heterocycles. The SMILES string of the molecule is CNC(=O)c1cccc([C@@H]2CNCCN2C(=O)c2ccc(F)cc2)c1. The normalized spacial score (nSPS) is 17.2. The molecule has 2 aromatic carbocycles. The lowest BCUT2D eigenvalue weighted by Gasteiger charge is -2.36. The number of hydrogen-bond donors (Lipinski definition) is 2. The van der Waals surface area contributed by atoms with Gasteiger partial charge in [0.1, 0.15) is 5.82 Å². The molecule has 1 aliphatic rings. The topological polar surface area (TPSA) is 61.4 Å². The van der Waals surface area contributed by atoms with Crippen LogP contribution in [0, 0.1) is 5.82 Å². The number of amides is 2. The van der Waals surface area contributed by atoms with Crippen molar-refractivity contribution in [1.82, 2.24) is 15.5 Å². The number of nitrogens with one attached hydrogen (secondary N) is 2. The van der Waals surface area contributed by atoms with E-state index >= 15 is 0 Å². The third-order valence-electron chi connectivity index (χ3n) is 4.36. The van der Waals surface area contributed by atoms with Crippen LogP contribution in [-0.2, 0) is 0 Å². The van der Waals surface area contributed by atoms with Crippen LogP contribution < -0.4 is 10.6 Å². The molecule has 0 spiro atoms. The second-order valence-electron chi connectivity index (χ2n) is 5.93. The highest BCUT2D eigenvalue weighted by atomic mass is 19.1. The standard InChI is InChI=1S/C19H20FN3O2/c1-21-18(24)15-4-2-3-14(11-15)17-12-22-9-10-23(17)19(25)13-5-7-16(20)8-6-13/h2-8,11,17,22H,9-10,12H2,1H3,(H,21,24)/t17-/m0/s1. The summed E-state index contributed by atoms with van der Waals surface area (Å²) in [6.45, 7) is 1.84. The van der Waals surface area contributed by atoms with Crippen molar-refractivity contribution in [3.8, 4) is 0 Å². The van der Waals surface area contributed by atoms with Crippen molar-refractivity contribution >= 4 is 11.8 Å². The maximum atomic E-state index is 13.1. The van der Waals surface area contributed by atoms with Gasteiger partial charge in [0.25, 0.3) is 11.8 Å². The van der Waals surface area contributed by atoms with Crippen LogP contribution in [0.3, 0.4) is 0 Å². The van der Waals surface area contributed by atoms with E-state index in [9.17, 15) is 14.0 Å². The lowest BCUT2D eigenvalue weighted by atomic mass is 9.99. The lowest BCUT2D eigenvalue weighted by Crippen LogP contribution is -2.48. The number of carbonyl (C=O) groups excluding carboxylic acids is 2. The van der Waals surface area contributed by atoms with E-state index in [4.69, 9.17) is 0 Å². The zero-order valence-corrected chi connectivity index (χ0v) is 14.0. The smallest absolute Gasteiger partial charge is 0.254 e. The van der Waals surface area contributed by atoms with Crippen LogP contribution >= 0.6 is 0 Å². The largest absolute Gasteiger partial charge is 0.355 e. The quantitative estimate of drug-likeness (QED) is 0.897. The molecule has 2 N–H and O–H groups in total. The Kier molecular flexibility index (Phi) is 5.09. The van der Waals surface area contributed by atoms with Gasteiger partial charge in [-0.25, -0.2) is 4.39 Å². The van der Waals surface area contributed by atoms with E-state index in [0.29, 0.717) is 30.8 Å². The Morgan fingerprint density at radius 3 is 2.64 bits per heavy atom. The maximum Gasteiger partial charge on any atom is 0.254 e. The van der Waals surface area contributed by atoms with Gasteiger partial charge in [0.05, 0.1) is 6.04 Å². The minimum absolute atomic E-state index is 0.142. The number of nitrogens with zero attached hydrogens (tertiary/aromatic N) is 1. The summed E-state index contributed by atoms with van der Waals surface area (Å²) in [6, 6.07) is 12.7. The van der Waals surface area contributed by atoms with Crippen LogP contribution in [0.5, 0.6) is 0 Å². The first-order valence-corrected chi connectivity index (χ1v) is 8.19. The van der Waals surface area contributed by atoms with Crippen molar-refractivity contribution in [2.75, 3.05) is 26.7 Å². The molecular formula is C19H20FN3O2. The molecule has 0 bridgehead atoms. The number of halogens is 1. The second kappa shape index (κ2) is 7.44. The Morgan fingerprint density at radius 1 is 1.16 bits per heavy atom. The summed E-state index contributed by atoms with van der Waals surface area (Å²) < 4.78 is 13.1. The fraction of sp³-hybridized carbons (Fsp3) is 0.263. The van der Waals surface area contributed by atoms with E-state index < -0.39 is 0 Å². The predicted molar refractivity (Wildman–Crippen MR) is 92.9 cm³/mol. The van der Waals surface area contributed by atoms with Gasteiger partial charge in [-0.2, -0.15) is 0 Å². The van der Waals surface area contributed by atoms with E-state index in [1.165, 1.54) is 24.3 Å². The predicted octanol–water partition coefficient (Wildman–Crippen LogP) is 1.97. The van der Waals surface area contributed by atoms with Crippen molar-refractivity contribution in [2.24, 2.45) is 0 Å². The number of rotatable bonds is 3. The van der Waals surface area contributed by atoms with Gasteiger partial charge in [0, 0.05) is 37.8 Å². The Labute approximate surface area is 145 Å². The number of benzene rings is 2. The molecule has 25 heavy (non-hydrogen) atoms. The molecule has 0 radical (unpaired) electrons. The summed E-state index contributed by atoms with van der Waals surface area (Å²) in [5.41, 5.74) is 1.90. The van der Waals surface area contributed by atoms with Crippen molar-refractivity contribution in [2.45, 2.75) is 6.04 Å². The third-order valence-corrected chi connectivity index (χ3v) is 4.36. The van der Waals surface area contributed by atoms with Crippen LogP contribution in [0.25, 0.3) is 0 Å². The molecule has 130 valence electrons. The highest BCUT2D eigenvalue weighted by Crippen LogP contribution is 2.25. The second-order valence-corrected chi connectivity index (χ2v) is 5.93. The average Bonchev–Trinajstić information content (AvgIpc) is 2.67. The zero-order valence-electron chi connectivity index (χ0n) is 14.0. The molecule has 1 saturated heterocycles. The first-order chi connectivity index (χ1) is 12.1. The van der Waals surface area contributed by atoms with E-state index in [1.807, 2.05) is 12.1 Å². The molecule has 3 rings (SSSR count). The molecule has 0 saturated carbocycles. The monoisotopic (exact) mass is 341 g/mol. The van der Waals surface area contributed by atoms with E-state index in [0.717, 1.165) is 5.56 Å². The summed E-state index contributed by atoms with van der Waals surface area (Å²) in [5, 5.41) is 5.89. The third kappa shape index (κ3) is 3.69. The number of piperazine rings is 1. The number of carbonyl (C=O) groups is 2. The van der Waals surface area contributed by atoms with Gasteiger partial charge in [-0.05, 0) is 42.0 Å². The zero-order chi connectivity index (χ0) is 17.8. The Morgan fingerprint density at radius 2 is 1.92 bits per heavy atom.